The Kier molecular flexibility index (Phi) is 4.77. The van der Waals surface area contributed by atoms with Gasteiger partial charge in [0.05, 0.1) is 26.2 Å². The van der Waals surface area contributed by atoms with Gasteiger partial charge in [0, 0.05) is 31.0 Å². The number of furan rings is 1. The molecule has 0 saturated heterocycles. The molecule has 1 aliphatic heterocycles. The van der Waals surface area contributed by atoms with Crippen LogP contribution in [0, 0.1) is 0 Å². The minimum absolute atomic E-state index is 0.0830. The monoisotopic (exact) mass is 383 g/mol. The maximum atomic E-state index is 5.76. The first-order chi connectivity index (χ1) is 13.2. The summed E-state index contributed by atoms with van der Waals surface area (Å²) >= 11 is 5.76. The van der Waals surface area contributed by atoms with Crippen molar-refractivity contribution in [1.82, 2.24) is 9.47 Å². The van der Waals surface area contributed by atoms with E-state index in [-0.39, 0.29) is 6.04 Å². The Balaban J connectivity index is 1.65. The molecule has 140 valence electrons. The lowest BCUT2D eigenvalue weighted by molar-refractivity contribution is 0.261. The third-order valence-corrected chi connectivity index (χ3v) is 5.10. The summed E-state index contributed by atoms with van der Waals surface area (Å²) in [6, 6.07) is 13.5. The van der Waals surface area contributed by atoms with Gasteiger partial charge in [0.15, 0.2) is 5.11 Å². The molecule has 3 aromatic rings. The van der Waals surface area contributed by atoms with Crippen LogP contribution in [0.15, 0.2) is 59.3 Å². The van der Waals surface area contributed by atoms with Gasteiger partial charge in [-0.3, -0.25) is 0 Å². The first kappa shape index (κ1) is 17.5. The van der Waals surface area contributed by atoms with E-state index in [1.807, 2.05) is 30.3 Å². The predicted octanol–water partition coefficient (Wildman–Crippen LogP) is 3.90. The summed E-state index contributed by atoms with van der Waals surface area (Å²) in [6.07, 6.45) is 3.78. The van der Waals surface area contributed by atoms with Crippen molar-refractivity contribution in [3.63, 3.8) is 0 Å². The molecule has 4 rings (SSSR count). The van der Waals surface area contributed by atoms with Gasteiger partial charge < -0.3 is 28.7 Å². The molecule has 7 heteroatoms. The van der Waals surface area contributed by atoms with Crippen molar-refractivity contribution in [2.75, 3.05) is 26.1 Å². The average Bonchev–Trinajstić information content (AvgIpc) is 3.38. The molecule has 0 fully saturated rings. The summed E-state index contributed by atoms with van der Waals surface area (Å²) in [7, 11) is 3.27. The zero-order valence-corrected chi connectivity index (χ0v) is 16.0. The number of fused-ring (bicyclic) bond motifs is 1. The first-order valence-electron chi connectivity index (χ1n) is 8.69. The van der Waals surface area contributed by atoms with Crippen LogP contribution in [0.4, 0.5) is 5.69 Å². The number of hydrogen-bond donors (Lipinski definition) is 1. The van der Waals surface area contributed by atoms with Gasteiger partial charge >= 0.3 is 0 Å². The van der Waals surface area contributed by atoms with Gasteiger partial charge in [0.25, 0.3) is 0 Å². The second-order valence-electron chi connectivity index (χ2n) is 6.23. The molecule has 1 unspecified atom stereocenters. The van der Waals surface area contributed by atoms with Crippen molar-refractivity contribution in [2.24, 2.45) is 0 Å². The second-order valence-corrected chi connectivity index (χ2v) is 6.62. The van der Waals surface area contributed by atoms with E-state index >= 15 is 0 Å². The van der Waals surface area contributed by atoms with Crippen molar-refractivity contribution in [3.8, 4) is 11.5 Å². The van der Waals surface area contributed by atoms with Crippen LogP contribution in [0.5, 0.6) is 11.5 Å². The van der Waals surface area contributed by atoms with Crippen LogP contribution in [0.3, 0.4) is 0 Å². The maximum Gasteiger partial charge on any atom is 0.174 e. The van der Waals surface area contributed by atoms with E-state index < -0.39 is 0 Å². The molecule has 0 amide bonds. The molecule has 0 aliphatic carbocycles. The fourth-order valence-corrected chi connectivity index (χ4v) is 3.75. The van der Waals surface area contributed by atoms with Crippen molar-refractivity contribution in [3.05, 3.63) is 66.4 Å². The van der Waals surface area contributed by atoms with Gasteiger partial charge in [-0.25, -0.2) is 0 Å². The van der Waals surface area contributed by atoms with Crippen molar-refractivity contribution >= 4 is 23.0 Å². The van der Waals surface area contributed by atoms with E-state index in [2.05, 4.69) is 33.1 Å². The molecule has 3 heterocycles. The highest BCUT2D eigenvalue weighted by Crippen LogP contribution is 2.34. The van der Waals surface area contributed by atoms with Crippen LogP contribution < -0.4 is 14.8 Å². The molecule has 1 aromatic carbocycles. The van der Waals surface area contributed by atoms with E-state index in [0.29, 0.717) is 10.9 Å². The molecule has 0 bridgehead atoms. The Morgan fingerprint density at radius 2 is 2.04 bits per heavy atom. The summed E-state index contributed by atoms with van der Waals surface area (Å²) in [5, 5.41) is 3.93. The smallest absolute Gasteiger partial charge is 0.174 e. The van der Waals surface area contributed by atoms with Gasteiger partial charge in [0.2, 0.25) is 0 Å². The zero-order chi connectivity index (χ0) is 18.8. The Labute approximate surface area is 163 Å². The normalized spacial score (nSPS) is 15.9. The first-order valence-corrected chi connectivity index (χ1v) is 9.10. The summed E-state index contributed by atoms with van der Waals surface area (Å²) in [4.78, 5) is 2.14. The molecular weight excluding hydrogens is 362 g/mol. The van der Waals surface area contributed by atoms with Crippen LogP contribution in [-0.2, 0) is 6.54 Å². The summed E-state index contributed by atoms with van der Waals surface area (Å²) in [5.41, 5.74) is 1.92. The summed E-state index contributed by atoms with van der Waals surface area (Å²) in [5.74, 6) is 2.29. The average molecular weight is 383 g/mol. The van der Waals surface area contributed by atoms with E-state index in [1.54, 1.807) is 20.5 Å². The zero-order valence-electron chi connectivity index (χ0n) is 15.2. The number of hydrogen-bond acceptors (Lipinski definition) is 4. The topological polar surface area (TPSA) is 51.8 Å². The lowest BCUT2D eigenvalue weighted by Gasteiger charge is -2.37. The van der Waals surface area contributed by atoms with Gasteiger partial charge in [-0.05, 0) is 48.6 Å². The number of ether oxygens (including phenoxy) is 2. The van der Waals surface area contributed by atoms with Crippen molar-refractivity contribution < 1.29 is 13.9 Å². The standard InChI is InChI=1S/C20H21N3O3S/c1-24-14-7-8-17(25-2)15(13-14)21-20(27)23-11-10-22-9-3-5-16(22)19(23)18-6-4-12-26-18/h3-9,12-13,19H,10-11H2,1-2H3,(H,21,27). The highest BCUT2D eigenvalue weighted by atomic mass is 32.1. The van der Waals surface area contributed by atoms with Crippen LogP contribution in [0.2, 0.25) is 0 Å². The predicted molar refractivity (Wildman–Crippen MR) is 107 cm³/mol. The number of methoxy groups -OCH3 is 2. The SMILES string of the molecule is COc1ccc(OC)c(NC(=S)N2CCn3cccc3C2c2ccco2)c1. The number of thiocarbonyl (C=S) groups is 1. The number of nitrogens with one attached hydrogen (secondary N) is 1. The number of aromatic nitrogens is 1. The third kappa shape index (κ3) is 3.26. The molecule has 1 aliphatic rings. The van der Waals surface area contributed by atoms with Crippen LogP contribution in [0.25, 0.3) is 0 Å². The number of anilines is 1. The number of benzene rings is 1. The molecule has 2 aromatic heterocycles. The van der Waals surface area contributed by atoms with E-state index in [1.165, 1.54) is 0 Å². The quantitative estimate of drug-likeness (QED) is 0.690. The molecule has 0 spiro atoms. The fraction of sp³-hybridized carbons (Fsp3) is 0.250. The molecule has 1 N–H and O–H groups in total. The molecule has 6 nitrogen and oxygen atoms in total. The Morgan fingerprint density at radius 3 is 2.78 bits per heavy atom. The molecule has 1 atom stereocenters. The molecule has 27 heavy (non-hydrogen) atoms. The Hall–Kier alpha value is -2.93. The van der Waals surface area contributed by atoms with E-state index in [0.717, 1.165) is 36.0 Å². The minimum atomic E-state index is -0.0830. The highest BCUT2D eigenvalue weighted by Gasteiger charge is 2.32. The largest absolute Gasteiger partial charge is 0.497 e. The number of nitrogens with zero attached hydrogens (tertiary/aromatic N) is 2. The Bertz CT molecular complexity index is 936. The van der Waals surface area contributed by atoms with E-state index in [4.69, 9.17) is 26.1 Å². The van der Waals surface area contributed by atoms with Crippen LogP contribution in [-0.4, -0.2) is 35.3 Å². The second kappa shape index (κ2) is 7.36. The van der Waals surface area contributed by atoms with Crippen LogP contribution in [0.1, 0.15) is 17.5 Å². The molecule has 0 saturated carbocycles. The van der Waals surface area contributed by atoms with Crippen molar-refractivity contribution in [1.29, 1.82) is 0 Å². The van der Waals surface area contributed by atoms with Gasteiger partial charge in [0.1, 0.15) is 23.3 Å². The molecule has 0 radical (unpaired) electrons. The lowest BCUT2D eigenvalue weighted by atomic mass is 10.1. The van der Waals surface area contributed by atoms with E-state index in [9.17, 15) is 0 Å². The maximum absolute atomic E-state index is 5.76. The third-order valence-electron chi connectivity index (χ3n) is 4.76. The highest BCUT2D eigenvalue weighted by molar-refractivity contribution is 7.80. The minimum Gasteiger partial charge on any atom is -0.497 e. The lowest BCUT2D eigenvalue weighted by Crippen LogP contribution is -2.44. The van der Waals surface area contributed by atoms with Gasteiger partial charge in [-0.15, -0.1) is 0 Å². The summed E-state index contributed by atoms with van der Waals surface area (Å²) in [6.45, 7) is 1.63. The number of rotatable bonds is 4. The summed E-state index contributed by atoms with van der Waals surface area (Å²) < 4.78 is 18.7. The van der Waals surface area contributed by atoms with Gasteiger partial charge in [-0.2, -0.15) is 0 Å². The van der Waals surface area contributed by atoms with Crippen LogP contribution >= 0.6 is 12.2 Å². The molecular formula is C20H21N3O3S. The Morgan fingerprint density at radius 1 is 1.15 bits per heavy atom. The van der Waals surface area contributed by atoms with Gasteiger partial charge in [-0.1, -0.05) is 0 Å². The van der Waals surface area contributed by atoms with Crippen molar-refractivity contribution in [2.45, 2.75) is 12.6 Å². The fourth-order valence-electron chi connectivity index (χ4n) is 3.45.